The predicted molar refractivity (Wildman–Crippen MR) is 137 cm³/mol. The summed E-state index contributed by atoms with van der Waals surface area (Å²) in [5.41, 5.74) is 2.78. The van der Waals surface area contributed by atoms with Gasteiger partial charge in [-0.05, 0) is 54.4 Å². The van der Waals surface area contributed by atoms with Crippen molar-refractivity contribution in [3.8, 4) is 17.2 Å². The van der Waals surface area contributed by atoms with Crippen molar-refractivity contribution in [2.45, 2.75) is 19.8 Å². The Kier molecular flexibility index (Phi) is 6.31. The first-order valence-electron chi connectivity index (χ1n) is 11.6. The first-order valence-corrected chi connectivity index (χ1v) is 11.6. The average Bonchev–Trinajstić information content (AvgIpc) is 3.43. The molecule has 3 aromatic heterocycles. The van der Waals surface area contributed by atoms with E-state index >= 15 is 0 Å². The molecule has 8 nitrogen and oxygen atoms in total. The van der Waals surface area contributed by atoms with Crippen LogP contribution in [0.25, 0.3) is 16.7 Å². The third-order valence-electron chi connectivity index (χ3n) is 5.69. The molecule has 1 amide bonds. The van der Waals surface area contributed by atoms with Gasteiger partial charge in [-0.1, -0.05) is 13.8 Å². The van der Waals surface area contributed by atoms with Crippen LogP contribution in [0.4, 0.5) is 20.3 Å². The average molecular weight is 503 g/mol. The lowest BCUT2D eigenvalue weighted by Crippen LogP contribution is -2.18. The van der Waals surface area contributed by atoms with Crippen molar-refractivity contribution in [1.82, 2.24) is 25.1 Å². The highest BCUT2D eigenvalue weighted by molar-refractivity contribution is 5.92. The van der Waals surface area contributed by atoms with E-state index in [4.69, 9.17) is 4.74 Å². The quantitative estimate of drug-likeness (QED) is 0.252. The van der Waals surface area contributed by atoms with Crippen molar-refractivity contribution < 1.29 is 18.3 Å². The monoisotopic (exact) mass is 502 g/mol. The standard InChI is InChI=1S/C27H24F2N6O2/c1-15(2)25-22-14-24(33-26(22)35(34-25)19-11-16(28)10-17(29)12-19)32-18-4-6-20(7-5-18)37-21-8-9-31-23(13-21)27(36)30-3/h4-15,32-33H,1-3H3,(H,30,36). The number of aromatic nitrogens is 4. The van der Waals surface area contributed by atoms with Gasteiger partial charge < -0.3 is 20.4 Å². The van der Waals surface area contributed by atoms with Gasteiger partial charge in [0.15, 0.2) is 0 Å². The summed E-state index contributed by atoms with van der Waals surface area (Å²) < 4.78 is 35.1. The summed E-state index contributed by atoms with van der Waals surface area (Å²) in [5, 5.41) is 11.3. The fourth-order valence-corrected chi connectivity index (χ4v) is 3.98. The molecule has 0 spiro atoms. The van der Waals surface area contributed by atoms with Crippen LogP contribution in [0.3, 0.4) is 0 Å². The Morgan fingerprint density at radius 3 is 2.41 bits per heavy atom. The molecule has 188 valence electrons. The summed E-state index contributed by atoms with van der Waals surface area (Å²) in [6.07, 6.45) is 1.51. The van der Waals surface area contributed by atoms with Gasteiger partial charge in [0.25, 0.3) is 5.91 Å². The van der Waals surface area contributed by atoms with E-state index in [1.165, 1.54) is 30.1 Å². The SMILES string of the molecule is CNC(=O)c1cc(Oc2ccc(Nc3cc4c(C(C)C)nn(-c5cc(F)cc(F)c5)c4[nH]3)cc2)ccn1. The van der Waals surface area contributed by atoms with Crippen LogP contribution in [-0.2, 0) is 0 Å². The largest absolute Gasteiger partial charge is 0.457 e. The molecule has 5 aromatic rings. The van der Waals surface area contributed by atoms with Crippen LogP contribution >= 0.6 is 0 Å². The minimum absolute atomic E-state index is 0.0966. The molecule has 0 radical (unpaired) electrons. The summed E-state index contributed by atoms with van der Waals surface area (Å²) in [7, 11) is 1.54. The molecule has 0 saturated heterocycles. The number of fused-ring (bicyclic) bond motifs is 1. The molecule has 5 rings (SSSR count). The van der Waals surface area contributed by atoms with Gasteiger partial charge in [-0.25, -0.2) is 13.5 Å². The summed E-state index contributed by atoms with van der Waals surface area (Å²) in [4.78, 5) is 19.1. The Bertz CT molecular complexity index is 1570. The number of hydrogen-bond acceptors (Lipinski definition) is 5. The number of anilines is 2. The number of rotatable bonds is 7. The fourth-order valence-electron chi connectivity index (χ4n) is 3.98. The van der Waals surface area contributed by atoms with Crippen molar-refractivity contribution >= 4 is 28.4 Å². The van der Waals surface area contributed by atoms with Gasteiger partial charge in [-0.2, -0.15) is 5.10 Å². The molecule has 0 atom stereocenters. The van der Waals surface area contributed by atoms with Crippen molar-refractivity contribution in [3.05, 3.63) is 89.9 Å². The summed E-state index contributed by atoms with van der Waals surface area (Å²) in [6, 6.07) is 15.8. The molecule has 0 fully saturated rings. The highest BCUT2D eigenvalue weighted by atomic mass is 19.1. The number of benzene rings is 2. The van der Waals surface area contributed by atoms with E-state index < -0.39 is 11.6 Å². The molecule has 10 heteroatoms. The van der Waals surface area contributed by atoms with E-state index in [0.29, 0.717) is 28.7 Å². The molecule has 0 bridgehead atoms. The molecule has 0 aliphatic heterocycles. The lowest BCUT2D eigenvalue weighted by Gasteiger charge is -2.09. The van der Waals surface area contributed by atoms with Gasteiger partial charge in [0.1, 0.15) is 40.3 Å². The van der Waals surface area contributed by atoms with Crippen LogP contribution < -0.4 is 15.4 Å². The second-order valence-corrected chi connectivity index (χ2v) is 8.73. The number of ether oxygens (including phenoxy) is 1. The van der Waals surface area contributed by atoms with Crippen molar-refractivity contribution in [2.75, 3.05) is 12.4 Å². The Hall–Kier alpha value is -4.73. The molecular formula is C27H24F2N6O2. The Morgan fingerprint density at radius 1 is 1.00 bits per heavy atom. The first kappa shape index (κ1) is 24.0. The summed E-state index contributed by atoms with van der Waals surface area (Å²) in [6.45, 7) is 4.02. The molecule has 0 aliphatic rings. The van der Waals surface area contributed by atoms with Crippen LogP contribution in [0.2, 0.25) is 0 Å². The van der Waals surface area contributed by atoms with E-state index in [2.05, 4.69) is 25.7 Å². The number of halogens is 2. The fraction of sp³-hybridized carbons (Fsp3) is 0.148. The highest BCUT2D eigenvalue weighted by Gasteiger charge is 2.18. The maximum absolute atomic E-state index is 13.9. The van der Waals surface area contributed by atoms with Crippen LogP contribution in [0.1, 0.15) is 35.9 Å². The highest BCUT2D eigenvalue weighted by Crippen LogP contribution is 2.31. The zero-order chi connectivity index (χ0) is 26.1. The number of aromatic amines is 1. The van der Waals surface area contributed by atoms with Gasteiger partial charge >= 0.3 is 0 Å². The smallest absolute Gasteiger partial charge is 0.269 e. The lowest BCUT2D eigenvalue weighted by atomic mass is 10.1. The minimum atomic E-state index is -0.673. The summed E-state index contributed by atoms with van der Waals surface area (Å²) >= 11 is 0. The van der Waals surface area contributed by atoms with Crippen molar-refractivity contribution in [2.24, 2.45) is 0 Å². The zero-order valence-electron chi connectivity index (χ0n) is 20.3. The molecule has 0 saturated carbocycles. The Balaban J connectivity index is 1.39. The van der Waals surface area contributed by atoms with E-state index in [1.54, 1.807) is 24.3 Å². The number of carbonyl (C=O) groups excluding carboxylic acids is 1. The third-order valence-corrected chi connectivity index (χ3v) is 5.69. The molecule has 0 aliphatic carbocycles. The van der Waals surface area contributed by atoms with E-state index in [0.717, 1.165) is 22.8 Å². The van der Waals surface area contributed by atoms with Gasteiger partial charge in [0.2, 0.25) is 0 Å². The topological polar surface area (TPSA) is 96.9 Å². The number of nitrogens with zero attached hydrogens (tertiary/aromatic N) is 3. The van der Waals surface area contributed by atoms with Gasteiger partial charge in [0.05, 0.1) is 11.4 Å². The van der Waals surface area contributed by atoms with Crippen LogP contribution in [0.5, 0.6) is 11.5 Å². The maximum Gasteiger partial charge on any atom is 0.269 e. The number of amides is 1. The van der Waals surface area contributed by atoms with E-state index in [1.807, 2.05) is 32.0 Å². The number of pyridine rings is 1. The molecular weight excluding hydrogens is 478 g/mol. The van der Waals surface area contributed by atoms with Gasteiger partial charge in [0, 0.05) is 36.5 Å². The first-order chi connectivity index (χ1) is 17.8. The second kappa shape index (κ2) is 9.73. The number of H-pyrrole nitrogens is 1. The summed E-state index contributed by atoms with van der Waals surface area (Å²) in [5.74, 6) is 0.223. The molecule has 3 N–H and O–H groups in total. The van der Waals surface area contributed by atoms with Crippen LogP contribution in [0.15, 0.2) is 66.9 Å². The van der Waals surface area contributed by atoms with E-state index in [9.17, 15) is 13.6 Å². The van der Waals surface area contributed by atoms with Crippen molar-refractivity contribution in [3.63, 3.8) is 0 Å². The van der Waals surface area contributed by atoms with Crippen LogP contribution in [-0.4, -0.2) is 32.7 Å². The lowest BCUT2D eigenvalue weighted by molar-refractivity contribution is 0.0958. The minimum Gasteiger partial charge on any atom is -0.457 e. The molecule has 3 heterocycles. The van der Waals surface area contributed by atoms with Gasteiger partial charge in [-0.3, -0.25) is 9.78 Å². The third kappa shape index (κ3) is 4.99. The Morgan fingerprint density at radius 2 is 1.73 bits per heavy atom. The van der Waals surface area contributed by atoms with E-state index in [-0.39, 0.29) is 17.5 Å². The Labute approximate surface area is 211 Å². The molecule has 0 unspecified atom stereocenters. The predicted octanol–water partition coefficient (Wildman–Crippen LogP) is 6.05. The van der Waals surface area contributed by atoms with Crippen LogP contribution in [0, 0.1) is 11.6 Å². The number of nitrogens with one attached hydrogen (secondary N) is 3. The van der Waals surface area contributed by atoms with Gasteiger partial charge in [-0.15, -0.1) is 0 Å². The maximum atomic E-state index is 13.9. The molecule has 2 aromatic carbocycles. The number of hydrogen-bond donors (Lipinski definition) is 3. The normalized spacial score (nSPS) is 11.2. The second-order valence-electron chi connectivity index (χ2n) is 8.73. The number of carbonyl (C=O) groups is 1. The van der Waals surface area contributed by atoms with Crippen molar-refractivity contribution in [1.29, 1.82) is 0 Å². The molecule has 37 heavy (non-hydrogen) atoms. The zero-order valence-corrected chi connectivity index (χ0v) is 20.3.